The van der Waals surface area contributed by atoms with Gasteiger partial charge in [0.05, 0.1) is 0 Å². The minimum Gasteiger partial charge on any atom is -0.294 e. The Morgan fingerprint density at radius 3 is 2.44 bits per heavy atom. The first-order valence-electron chi connectivity index (χ1n) is 6.18. The summed E-state index contributed by atoms with van der Waals surface area (Å²) in [7, 11) is 0. The Bertz CT molecular complexity index is 586. The van der Waals surface area contributed by atoms with Crippen LogP contribution in [0, 0.1) is 0 Å². The Kier molecular flexibility index (Phi) is 2.67. The van der Waals surface area contributed by atoms with Crippen LogP contribution in [-0.2, 0) is 0 Å². The first kappa shape index (κ1) is 11.1. The molecule has 1 heterocycles. The topological polar surface area (TPSA) is 42.9 Å². The highest BCUT2D eigenvalue weighted by atomic mass is 16.1. The van der Waals surface area contributed by atoms with Gasteiger partial charge in [-0.05, 0) is 31.2 Å². The molecule has 18 heavy (non-hydrogen) atoms. The molecule has 0 amide bonds. The van der Waals surface area contributed by atoms with Gasteiger partial charge in [0.1, 0.15) is 0 Å². The Labute approximate surface area is 106 Å². The van der Waals surface area contributed by atoms with Crippen molar-refractivity contribution in [1.29, 1.82) is 0 Å². The third kappa shape index (κ3) is 2.04. The van der Waals surface area contributed by atoms with Crippen molar-refractivity contribution in [3.8, 4) is 11.4 Å². The maximum Gasteiger partial charge on any atom is 0.160 e. The van der Waals surface area contributed by atoms with Gasteiger partial charge >= 0.3 is 0 Å². The molecule has 1 aliphatic carbocycles. The zero-order valence-electron chi connectivity index (χ0n) is 10.3. The van der Waals surface area contributed by atoms with E-state index in [1.165, 1.54) is 18.4 Å². The van der Waals surface area contributed by atoms with Crippen molar-refractivity contribution in [1.82, 2.24) is 9.97 Å². The van der Waals surface area contributed by atoms with Crippen LogP contribution in [0.5, 0.6) is 0 Å². The van der Waals surface area contributed by atoms with Crippen molar-refractivity contribution in [3.63, 3.8) is 0 Å². The van der Waals surface area contributed by atoms with Crippen molar-refractivity contribution < 1.29 is 4.79 Å². The fraction of sp³-hybridized carbons (Fsp3) is 0.267. The van der Waals surface area contributed by atoms with Gasteiger partial charge in [0.2, 0.25) is 0 Å². The molecule has 0 atom stereocenters. The minimum atomic E-state index is 0.0421. The van der Waals surface area contributed by atoms with E-state index in [2.05, 4.69) is 9.97 Å². The number of nitrogens with zero attached hydrogens (tertiary/aromatic N) is 2. The van der Waals surface area contributed by atoms with E-state index in [9.17, 15) is 4.79 Å². The van der Waals surface area contributed by atoms with E-state index in [0.717, 1.165) is 5.56 Å². The highest BCUT2D eigenvalue weighted by molar-refractivity contribution is 5.99. The molecule has 0 radical (unpaired) electrons. The van der Waals surface area contributed by atoms with Crippen LogP contribution in [0.1, 0.15) is 41.6 Å². The molecule has 3 nitrogen and oxygen atoms in total. The molecule has 1 fully saturated rings. The van der Waals surface area contributed by atoms with Crippen molar-refractivity contribution >= 4 is 5.78 Å². The number of carbonyl (C=O) groups is 1. The molecule has 1 aliphatic rings. The molecule has 0 spiro atoms. The molecule has 1 saturated carbocycles. The number of hydrogen-bond acceptors (Lipinski definition) is 3. The quantitative estimate of drug-likeness (QED) is 0.771. The summed E-state index contributed by atoms with van der Waals surface area (Å²) in [6.45, 7) is 1.57. The Morgan fingerprint density at radius 1 is 1.17 bits per heavy atom. The van der Waals surface area contributed by atoms with E-state index in [4.69, 9.17) is 0 Å². The average Bonchev–Trinajstić information content (AvgIpc) is 3.23. The van der Waals surface area contributed by atoms with Gasteiger partial charge in [-0.15, -0.1) is 0 Å². The summed E-state index contributed by atoms with van der Waals surface area (Å²) in [5.74, 6) is 1.33. The van der Waals surface area contributed by atoms with Gasteiger partial charge in [-0.3, -0.25) is 4.79 Å². The van der Waals surface area contributed by atoms with Gasteiger partial charge in [0.25, 0.3) is 0 Å². The molecule has 0 saturated heterocycles. The summed E-state index contributed by atoms with van der Waals surface area (Å²) in [4.78, 5) is 20.3. The summed E-state index contributed by atoms with van der Waals surface area (Å²) in [5, 5.41) is 0. The fourth-order valence-corrected chi connectivity index (χ4v) is 2.09. The number of Topliss-reactive ketones (excluding diaryl/α,β-unsaturated/α-hetero) is 1. The molecular weight excluding hydrogens is 224 g/mol. The molecule has 1 aromatic heterocycles. The van der Waals surface area contributed by atoms with E-state index in [-0.39, 0.29) is 5.78 Å². The van der Waals surface area contributed by atoms with Crippen LogP contribution in [0.15, 0.2) is 36.7 Å². The third-order valence-electron chi connectivity index (χ3n) is 3.27. The van der Waals surface area contributed by atoms with E-state index in [1.54, 1.807) is 6.92 Å². The molecule has 0 N–H and O–H groups in total. The standard InChI is InChI=1S/C15H14N2O/c1-10(18)13-4-2-3-5-14(13)15-16-8-12(9-17-15)11-6-7-11/h2-5,8-9,11H,6-7H2,1H3. The number of aromatic nitrogens is 2. The summed E-state index contributed by atoms with van der Waals surface area (Å²) >= 11 is 0. The highest BCUT2D eigenvalue weighted by Crippen LogP contribution is 2.39. The van der Waals surface area contributed by atoms with Gasteiger partial charge < -0.3 is 0 Å². The number of ketones is 1. The van der Waals surface area contributed by atoms with Crippen LogP contribution < -0.4 is 0 Å². The summed E-state index contributed by atoms with van der Waals surface area (Å²) in [5.41, 5.74) is 2.70. The van der Waals surface area contributed by atoms with Gasteiger partial charge in [0.15, 0.2) is 11.6 Å². The van der Waals surface area contributed by atoms with Crippen LogP contribution in [-0.4, -0.2) is 15.8 Å². The maximum absolute atomic E-state index is 11.6. The molecule has 0 bridgehead atoms. The monoisotopic (exact) mass is 238 g/mol. The third-order valence-corrected chi connectivity index (χ3v) is 3.27. The van der Waals surface area contributed by atoms with Crippen molar-refractivity contribution in [2.24, 2.45) is 0 Å². The van der Waals surface area contributed by atoms with Crippen LogP contribution in [0.4, 0.5) is 0 Å². The Hall–Kier alpha value is -2.03. The van der Waals surface area contributed by atoms with Crippen molar-refractivity contribution in [3.05, 3.63) is 47.8 Å². The fourth-order valence-electron chi connectivity index (χ4n) is 2.09. The zero-order valence-corrected chi connectivity index (χ0v) is 10.3. The lowest BCUT2D eigenvalue weighted by atomic mass is 10.0. The van der Waals surface area contributed by atoms with E-state index >= 15 is 0 Å². The summed E-state index contributed by atoms with van der Waals surface area (Å²) < 4.78 is 0. The van der Waals surface area contributed by atoms with Crippen LogP contribution in [0.3, 0.4) is 0 Å². The number of carbonyl (C=O) groups excluding carboxylic acids is 1. The normalized spacial score (nSPS) is 14.5. The molecular formula is C15H14N2O. The molecule has 2 aromatic rings. The molecule has 1 aromatic carbocycles. The van der Waals surface area contributed by atoms with Crippen LogP contribution >= 0.6 is 0 Å². The average molecular weight is 238 g/mol. The van der Waals surface area contributed by atoms with Gasteiger partial charge in [-0.25, -0.2) is 9.97 Å². The molecule has 3 rings (SSSR count). The van der Waals surface area contributed by atoms with Crippen molar-refractivity contribution in [2.75, 3.05) is 0 Å². The van der Waals surface area contributed by atoms with Gasteiger partial charge in [-0.1, -0.05) is 24.3 Å². The second-order valence-electron chi connectivity index (χ2n) is 4.72. The SMILES string of the molecule is CC(=O)c1ccccc1-c1ncc(C2CC2)cn1. The zero-order chi connectivity index (χ0) is 12.5. The lowest BCUT2D eigenvalue weighted by molar-refractivity contribution is 0.101. The van der Waals surface area contributed by atoms with Crippen LogP contribution in [0.2, 0.25) is 0 Å². The van der Waals surface area contributed by atoms with Gasteiger partial charge in [0, 0.05) is 23.5 Å². The second-order valence-corrected chi connectivity index (χ2v) is 4.72. The summed E-state index contributed by atoms with van der Waals surface area (Å²) in [6.07, 6.45) is 6.26. The molecule has 3 heteroatoms. The number of benzene rings is 1. The predicted molar refractivity (Wildman–Crippen MR) is 69.4 cm³/mol. The van der Waals surface area contributed by atoms with Crippen LogP contribution in [0.25, 0.3) is 11.4 Å². The van der Waals surface area contributed by atoms with E-state index in [1.807, 2.05) is 36.7 Å². The summed E-state index contributed by atoms with van der Waals surface area (Å²) in [6, 6.07) is 7.47. The highest BCUT2D eigenvalue weighted by Gasteiger charge is 2.24. The lowest BCUT2D eigenvalue weighted by Gasteiger charge is -2.05. The molecule has 90 valence electrons. The van der Waals surface area contributed by atoms with E-state index in [0.29, 0.717) is 17.3 Å². The Balaban J connectivity index is 2.01. The largest absolute Gasteiger partial charge is 0.294 e. The predicted octanol–water partition coefficient (Wildman–Crippen LogP) is 3.22. The first-order valence-corrected chi connectivity index (χ1v) is 6.18. The Morgan fingerprint density at radius 2 is 1.83 bits per heavy atom. The van der Waals surface area contributed by atoms with E-state index < -0.39 is 0 Å². The number of rotatable bonds is 3. The minimum absolute atomic E-state index is 0.0421. The first-order chi connectivity index (χ1) is 8.75. The maximum atomic E-state index is 11.6. The molecule has 0 aliphatic heterocycles. The van der Waals surface area contributed by atoms with Crippen molar-refractivity contribution in [2.45, 2.75) is 25.7 Å². The number of hydrogen-bond donors (Lipinski definition) is 0. The smallest absolute Gasteiger partial charge is 0.160 e. The van der Waals surface area contributed by atoms with Gasteiger partial charge in [-0.2, -0.15) is 0 Å². The second kappa shape index (κ2) is 4.33. The molecule has 0 unspecified atom stereocenters. The lowest BCUT2D eigenvalue weighted by Crippen LogP contribution is -1.99.